The molecule has 1 aromatic heterocycles. The topological polar surface area (TPSA) is 79.0 Å². The number of nitrogens with zero attached hydrogens (tertiary/aromatic N) is 4. The van der Waals surface area contributed by atoms with Gasteiger partial charge in [0.15, 0.2) is 0 Å². The summed E-state index contributed by atoms with van der Waals surface area (Å²) in [4.78, 5) is -0.854. The van der Waals surface area contributed by atoms with E-state index in [1.54, 1.807) is 23.0 Å². The number of sulfonamides is 1. The Morgan fingerprint density at radius 3 is 2.58 bits per heavy atom. The zero-order valence-corrected chi connectivity index (χ0v) is 21.2. The van der Waals surface area contributed by atoms with Crippen LogP contribution in [0.15, 0.2) is 65.2 Å². The molecule has 0 aliphatic heterocycles. The highest BCUT2D eigenvalue weighted by Gasteiger charge is 2.48. The van der Waals surface area contributed by atoms with Crippen LogP contribution in [0.5, 0.6) is 0 Å². The third-order valence-electron chi connectivity index (χ3n) is 7.70. The van der Waals surface area contributed by atoms with E-state index in [4.69, 9.17) is 0 Å². The van der Waals surface area contributed by atoms with E-state index in [2.05, 4.69) is 5.10 Å². The summed E-state index contributed by atoms with van der Waals surface area (Å²) in [5.74, 6) is -0.577. The number of nitriles is 1. The lowest BCUT2D eigenvalue weighted by molar-refractivity contribution is -0.139. The van der Waals surface area contributed by atoms with Crippen molar-refractivity contribution in [2.75, 3.05) is 13.1 Å². The fraction of sp³-hybridized carbons (Fsp3) is 0.333. The Morgan fingerprint density at radius 2 is 1.89 bits per heavy atom. The van der Waals surface area contributed by atoms with Crippen LogP contribution in [-0.4, -0.2) is 35.6 Å². The van der Waals surface area contributed by atoms with E-state index in [-0.39, 0.29) is 18.3 Å². The molecule has 0 saturated heterocycles. The zero-order valence-electron chi connectivity index (χ0n) is 20.4. The average Bonchev–Trinajstić information content (AvgIpc) is 3.41. The molecule has 1 fully saturated rings. The van der Waals surface area contributed by atoms with Gasteiger partial charge in [0, 0.05) is 6.54 Å². The van der Waals surface area contributed by atoms with Crippen LogP contribution >= 0.6 is 0 Å². The van der Waals surface area contributed by atoms with Gasteiger partial charge in [-0.2, -0.15) is 27.8 Å². The fourth-order valence-electron chi connectivity index (χ4n) is 5.65. The van der Waals surface area contributed by atoms with E-state index in [1.165, 1.54) is 18.2 Å². The SMILES string of the molecule is C[C@]12Cc3cnn(-c4ccc(F)cc4)c3C=C1CC[C@@H]2CN(CC#N)S(=O)(=O)c1ccccc1C(F)(F)F. The summed E-state index contributed by atoms with van der Waals surface area (Å²) in [6.07, 6.45) is 0.748. The summed E-state index contributed by atoms with van der Waals surface area (Å²) in [6.45, 7) is 1.38. The summed E-state index contributed by atoms with van der Waals surface area (Å²) in [5.41, 5.74) is 1.88. The molecule has 0 amide bonds. The van der Waals surface area contributed by atoms with Crippen molar-refractivity contribution in [3.8, 4) is 11.8 Å². The third-order valence-corrected chi connectivity index (χ3v) is 9.57. The maximum absolute atomic E-state index is 13.6. The largest absolute Gasteiger partial charge is 0.417 e. The normalized spacial score (nSPS) is 21.1. The molecule has 3 aromatic rings. The first-order valence-corrected chi connectivity index (χ1v) is 13.5. The molecule has 0 radical (unpaired) electrons. The molecule has 1 heterocycles. The zero-order chi connectivity index (χ0) is 27.3. The van der Waals surface area contributed by atoms with Gasteiger partial charge < -0.3 is 0 Å². The van der Waals surface area contributed by atoms with Gasteiger partial charge in [-0.25, -0.2) is 17.5 Å². The number of allylic oxidation sites excluding steroid dienone is 1. The molecule has 2 aliphatic rings. The predicted molar refractivity (Wildman–Crippen MR) is 132 cm³/mol. The molecule has 1 saturated carbocycles. The summed E-state index contributed by atoms with van der Waals surface area (Å²) in [5, 5.41) is 13.9. The van der Waals surface area contributed by atoms with E-state index in [9.17, 15) is 31.2 Å². The predicted octanol–water partition coefficient (Wildman–Crippen LogP) is 5.60. The minimum atomic E-state index is -4.86. The van der Waals surface area contributed by atoms with Crippen molar-refractivity contribution >= 4 is 16.1 Å². The highest BCUT2D eigenvalue weighted by atomic mass is 32.2. The van der Waals surface area contributed by atoms with Crippen LogP contribution in [0.4, 0.5) is 17.6 Å². The van der Waals surface area contributed by atoms with Crippen LogP contribution in [0.25, 0.3) is 11.8 Å². The van der Waals surface area contributed by atoms with E-state index in [1.807, 2.05) is 19.1 Å². The molecule has 0 unspecified atom stereocenters. The molecule has 0 N–H and O–H groups in total. The fourth-order valence-corrected chi connectivity index (χ4v) is 7.25. The minimum Gasteiger partial charge on any atom is -0.233 e. The first-order valence-electron chi connectivity index (χ1n) is 12.0. The number of halogens is 4. The molecule has 11 heteroatoms. The Hall–Kier alpha value is -3.49. The first kappa shape index (κ1) is 26.1. The first-order chi connectivity index (χ1) is 17.9. The van der Waals surface area contributed by atoms with Gasteiger partial charge in [0.25, 0.3) is 0 Å². The number of hydrogen-bond acceptors (Lipinski definition) is 4. The lowest BCUT2D eigenvalue weighted by atomic mass is 9.70. The van der Waals surface area contributed by atoms with E-state index in [0.717, 1.165) is 39.3 Å². The van der Waals surface area contributed by atoms with E-state index < -0.39 is 38.6 Å². The van der Waals surface area contributed by atoms with Gasteiger partial charge in [0.2, 0.25) is 10.0 Å². The number of benzene rings is 2. The van der Waals surface area contributed by atoms with Gasteiger partial charge in [-0.05, 0) is 78.6 Å². The van der Waals surface area contributed by atoms with Crippen LogP contribution in [0.3, 0.4) is 0 Å². The Kier molecular flexibility index (Phi) is 6.44. The van der Waals surface area contributed by atoms with Crippen molar-refractivity contribution in [2.45, 2.75) is 37.3 Å². The molecular weight excluding hydrogens is 520 g/mol. The van der Waals surface area contributed by atoms with Gasteiger partial charge in [-0.3, -0.25) is 0 Å². The van der Waals surface area contributed by atoms with E-state index >= 15 is 0 Å². The highest BCUT2D eigenvalue weighted by molar-refractivity contribution is 7.89. The molecule has 2 atom stereocenters. The summed E-state index contributed by atoms with van der Waals surface area (Å²) >= 11 is 0. The van der Waals surface area contributed by atoms with Crippen molar-refractivity contribution in [3.63, 3.8) is 0 Å². The molecule has 0 bridgehead atoms. The van der Waals surface area contributed by atoms with Crippen molar-refractivity contribution in [2.24, 2.45) is 11.3 Å². The van der Waals surface area contributed by atoms with Crippen molar-refractivity contribution in [3.05, 3.63) is 82.9 Å². The smallest absolute Gasteiger partial charge is 0.233 e. The van der Waals surface area contributed by atoms with Gasteiger partial charge in [-0.1, -0.05) is 24.6 Å². The van der Waals surface area contributed by atoms with Gasteiger partial charge in [0.05, 0.1) is 34.1 Å². The Balaban J connectivity index is 1.46. The standard InChI is InChI=1S/C27H24F4N4O2S/c1-26-15-18-16-33-35(22-10-8-21(28)9-11-22)24(18)14-19(26)6-7-20(26)17-34(13-12-32)38(36,37)25-5-3-2-4-23(25)27(29,30)31/h2-5,8-11,14,16,20H,6-7,13,15,17H2,1H3/t20-,26+/m1/s1. The maximum Gasteiger partial charge on any atom is 0.417 e. The second-order valence-corrected chi connectivity index (χ2v) is 11.8. The molecule has 2 aliphatic carbocycles. The lowest BCUT2D eigenvalue weighted by Gasteiger charge is -2.37. The third kappa shape index (κ3) is 4.41. The Bertz CT molecular complexity index is 1550. The average molecular weight is 545 g/mol. The van der Waals surface area contributed by atoms with Crippen LogP contribution < -0.4 is 0 Å². The van der Waals surface area contributed by atoms with Crippen molar-refractivity contribution in [1.82, 2.24) is 14.1 Å². The summed E-state index contributed by atoms with van der Waals surface area (Å²) in [6, 6.07) is 11.8. The van der Waals surface area contributed by atoms with Crippen LogP contribution in [0.1, 0.15) is 36.6 Å². The maximum atomic E-state index is 13.6. The highest BCUT2D eigenvalue weighted by Crippen LogP contribution is 2.53. The van der Waals surface area contributed by atoms with Crippen LogP contribution in [0.2, 0.25) is 0 Å². The summed E-state index contributed by atoms with van der Waals surface area (Å²) < 4.78 is 83.7. The van der Waals surface area contributed by atoms with Crippen LogP contribution in [0, 0.1) is 28.5 Å². The van der Waals surface area contributed by atoms with Crippen molar-refractivity contribution in [1.29, 1.82) is 5.26 Å². The number of fused-ring (bicyclic) bond motifs is 2. The molecule has 198 valence electrons. The number of rotatable bonds is 6. The molecule has 6 nitrogen and oxygen atoms in total. The lowest BCUT2D eigenvalue weighted by Crippen LogP contribution is -2.41. The number of hydrogen-bond donors (Lipinski definition) is 0. The van der Waals surface area contributed by atoms with Gasteiger partial charge in [0.1, 0.15) is 12.4 Å². The molecule has 0 spiro atoms. The second kappa shape index (κ2) is 9.36. The second-order valence-electron chi connectivity index (χ2n) is 9.89. The number of aromatic nitrogens is 2. The Morgan fingerprint density at radius 1 is 1.18 bits per heavy atom. The monoisotopic (exact) mass is 544 g/mol. The van der Waals surface area contributed by atoms with Crippen LogP contribution in [-0.2, 0) is 22.6 Å². The summed E-state index contributed by atoms with van der Waals surface area (Å²) in [7, 11) is -4.60. The van der Waals surface area contributed by atoms with E-state index in [0.29, 0.717) is 24.9 Å². The number of alkyl halides is 3. The quantitative estimate of drug-likeness (QED) is 0.299. The van der Waals surface area contributed by atoms with Gasteiger partial charge in [-0.15, -0.1) is 0 Å². The molecule has 2 aromatic carbocycles. The van der Waals surface area contributed by atoms with Gasteiger partial charge >= 0.3 is 6.18 Å². The Labute approximate surface area is 217 Å². The molecule has 38 heavy (non-hydrogen) atoms. The molecular formula is C27H24F4N4O2S. The molecule has 5 rings (SSSR count). The van der Waals surface area contributed by atoms with Crippen molar-refractivity contribution < 1.29 is 26.0 Å². The minimum absolute atomic E-state index is 0.0860.